The minimum absolute atomic E-state index is 0.0439. The van der Waals surface area contributed by atoms with Gasteiger partial charge in [-0.3, -0.25) is 30.1 Å². The quantitative estimate of drug-likeness (QED) is 0.208. The molecule has 4 aromatic rings. The van der Waals surface area contributed by atoms with Gasteiger partial charge in [0.05, 0.1) is 22.0 Å². The number of nitrogens with zero attached hydrogens (tertiary/aromatic N) is 3. The fourth-order valence-electron chi connectivity index (χ4n) is 4.56. The van der Waals surface area contributed by atoms with Crippen LogP contribution in [0.4, 0.5) is 17.1 Å². The van der Waals surface area contributed by atoms with Gasteiger partial charge in [0.15, 0.2) is 5.76 Å². The molecule has 2 N–H and O–H groups in total. The molecule has 0 spiro atoms. The molecular weight excluding hydrogens is 534 g/mol. The predicted molar refractivity (Wildman–Crippen MR) is 151 cm³/mol. The molecule has 0 fully saturated rings. The highest BCUT2D eigenvalue weighted by atomic mass is 35.5. The molecule has 3 aromatic carbocycles. The highest BCUT2D eigenvalue weighted by Gasteiger charge is 2.29. The lowest BCUT2D eigenvalue weighted by molar-refractivity contribution is -0.384. The fourth-order valence-corrected chi connectivity index (χ4v) is 4.74. The maximum absolute atomic E-state index is 13.5. The van der Waals surface area contributed by atoms with Crippen molar-refractivity contribution < 1.29 is 18.9 Å². The molecule has 0 radical (unpaired) electrons. The molecule has 1 aliphatic rings. The SMILES string of the molecule is Cc1c(C(=O)NN(c2ccccc2)c2ccccc2)oc2c1/C(=N/NC(=O)c1ccc(Cl)c([N+](=O)[O-])c1)CCC2. The average Bonchev–Trinajstić information content (AvgIpc) is 3.32. The Morgan fingerprint density at radius 2 is 1.62 bits per heavy atom. The fraction of sp³-hybridized carbons (Fsp3) is 0.138. The van der Waals surface area contributed by atoms with Crippen molar-refractivity contribution in [2.24, 2.45) is 5.10 Å². The molecule has 202 valence electrons. The number of carbonyl (C=O) groups excluding carboxylic acids is 2. The zero-order chi connectivity index (χ0) is 28.2. The zero-order valence-corrected chi connectivity index (χ0v) is 22.1. The first-order valence-electron chi connectivity index (χ1n) is 12.5. The van der Waals surface area contributed by atoms with Crippen molar-refractivity contribution in [3.05, 3.63) is 122 Å². The lowest BCUT2D eigenvalue weighted by Crippen LogP contribution is -2.39. The Hall–Kier alpha value is -4.96. The summed E-state index contributed by atoms with van der Waals surface area (Å²) in [4.78, 5) is 36.7. The van der Waals surface area contributed by atoms with Crippen molar-refractivity contribution in [1.82, 2.24) is 10.9 Å². The van der Waals surface area contributed by atoms with E-state index in [1.54, 1.807) is 11.9 Å². The third kappa shape index (κ3) is 5.43. The summed E-state index contributed by atoms with van der Waals surface area (Å²) in [5.74, 6) is -0.303. The molecule has 2 amide bonds. The first kappa shape index (κ1) is 26.6. The number of nitro benzene ring substituents is 1. The van der Waals surface area contributed by atoms with E-state index in [1.165, 1.54) is 12.1 Å². The number of benzene rings is 3. The minimum Gasteiger partial charge on any atom is -0.455 e. The van der Waals surface area contributed by atoms with Gasteiger partial charge >= 0.3 is 5.91 Å². The van der Waals surface area contributed by atoms with E-state index < -0.39 is 16.7 Å². The molecule has 1 heterocycles. The average molecular weight is 558 g/mol. The molecule has 40 heavy (non-hydrogen) atoms. The van der Waals surface area contributed by atoms with Gasteiger partial charge in [0.25, 0.3) is 11.6 Å². The second-order valence-electron chi connectivity index (χ2n) is 9.08. The molecule has 0 aliphatic heterocycles. The Balaban J connectivity index is 1.40. The molecular formula is C29H24ClN5O5. The van der Waals surface area contributed by atoms with E-state index in [0.29, 0.717) is 41.9 Å². The molecule has 1 aliphatic carbocycles. The molecule has 11 heteroatoms. The van der Waals surface area contributed by atoms with Crippen LogP contribution in [0.1, 0.15) is 50.6 Å². The first-order chi connectivity index (χ1) is 19.3. The van der Waals surface area contributed by atoms with E-state index in [4.69, 9.17) is 16.0 Å². The summed E-state index contributed by atoms with van der Waals surface area (Å²) >= 11 is 5.85. The van der Waals surface area contributed by atoms with Gasteiger partial charge in [-0.05, 0) is 56.2 Å². The summed E-state index contributed by atoms with van der Waals surface area (Å²) in [7, 11) is 0. The number of para-hydroxylation sites is 2. The van der Waals surface area contributed by atoms with Crippen molar-refractivity contribution >= 4 is 46.2 Å². The summed E-state index contributed by atoms with van der Waals surface area (Å²) in [6, 6.07) is 22.6. The van der Waals surface area contributed by atoms with Crippen LogP contribution >= 0.6 is 11.6 Å². The third-order valence-electron chi connectivity index (χ3n) is 6.47. The monoisotopic (exact) mass is 557 g/mol. The summed E-state index contributed by atoms with van der Waals surface area (Å²) in [5, 5.41) is 17.1. The second-order valence-corrected chi connectivity index (χ2v) is 9.49. The van der Waals surface area contributed by atoms with Gasteiger partial charge in [-0.2, -0.15) is 5.10 Å². The van der Waals surface area contributed by atoms with E-state index in [2.05, 4.69) is 16.0 Å². The number of nitrogens with one attached hydrogen (secondary N) is 2. The number of rotatable bonds is 7. The number of amides is 2. The molecule has 10 nitrogen and oxygen atoms in total. The largest absolute Gasteiger partial charge is 0.455 e. The van der Waals surface area contributed by atoms with Gasteiger partial charge in [0.2, 0.25) is 0 Å². The van der Waals surface area contributed by atoms with Crippen LogP contribution in [-0.2, 0) is 6.42 Å². The highest BCUT2D eigenvalue weighted by Crippen LogP contribution is 2.31. The summed E-state index contributed by atoms with van der Waals surface area (Å²) in [6.45, 7) is 1.78. The van der Waals surface area contributed by atoms with Crippen LogP contribution in [0.2, 0.25) is 5.02 Å². The molecule has 0 saturated heterocycles. The van der Waals surface area contributed by atoms with Crippen LogP contribution in [0.3, 0.4) is 0 Å². The van der Waals surface area contributed by atoms with Crippen LogP contribution in [-0.4, -0.2) is 22.4 Å². The van der Waals surface area contributed by atoms with E-state index in [0.717, 1.165) is 17.4 Å². The number of hydrazine groups is 1. The van der Waals surface area contributed by atoms with Gasteiger partial charge < -0.3 is 4.42 Å². The predicted octanol–water partition coefficient (Wildman–Crippen LogP) is 6.10. The number of hydrogen-bond acceptors (Lipinski definition) is 7. The van der Waals surface area contributed by atoms with Crippen LogP contribution < -0.4 is 15.9 Å². The van der Waals surface area contributed by atoms with E-state index in [-0.39, 0.29) is 22.0 Å². The minimum atomic E-state index is -0.656. The zero-order valence-electron chi connectivity index (χ0n) is 21.4. The van der Waals surface area contributed by atoms with E-state index >= 15 is 0 Å². The summed E-state index contributed by atoms with van der Waals surface area (Å²) in [6.07, 6.45) is 1.87. The number of hydrazone groups is 1. The normalized spacial score (nSPS) is 13.4. The number of aryl methyl sites for hydroxylation is 1. The van der Waals surface area contributed by atoms with Crippen molar-refractivity contribution in [2.75, 3.05) is 5.01 Å². The molecule has 0 saturated carbocycles. The second kappa shape index (κ2) is 11.4. The maximum atomic E-state index is 13.5. The van der Waals surface area contributed by atoms with Crippen molar-refractivity contribution in [3.63, 3.8) is 0 Å². The lowest BCUT2D eigenvalue weighted by atomic mass is 9.93. The summed E-state index contributed by atoms with van der Waals surface area (Å²) in [5.41, 5.74) is 8.45. The number of halogens is 1. The van der Waals surface area contributed by atoms with Gasteiger partial charge in [-0.15, -0.1) is 0 Å². The molecule has 5 rings (SSSR count). The highest BCUT2D eigenvalue weighted by molar-refractivity contribution is 6.32. The van der Waals surface area contributed by atoms with Crippen LogP contribution in [0, 0.1) is 17.0 Å². The third-order valence-corrected chi connectivity index (χ3v) is 6.79. The first-order valence-corrected chi connectivity index (χ1v) is 12.9. The topological polar surface area (TPSA) is 130 Å². The number of carbonyl (C=O) groups is 2. The number of nitro groups is 1. The Morgan fingerprint density at radius 1 is 0.975 bits per heavy atom. The smallest absolute Gasteiger partial charge is 0.306 e. The molecule has 1 aromatic heterocycles. The van der Waals surface area contributed by atoms with E-state index in [9.17, 15) is 19.7 Å². The number of anilines is 2. The van der Waals surface area contributed by atoms with Gasteiger partial charge in [0.1, 0.15) is 10.8 Å². The Labute approximate surface area is 234 Å². The lowest BCUT2D eigenvalue weighted by Gasteiger charge is -2.25. The van der Waals surface area contributed by atoms with Crippen molar-refractivity contribution in [2.45, 2.75) is 26.2 Å². The molecule has 0 atom stereocenters. The number of fused-ring (bicyclic) bond motifs is 1. The Morgan fingerprint density at radius 3 is 2.25 bits per heavy atom. The van der Waals surface area contributed by atoms with E-state index in [1.807, 2.05) is 60.7 Å². The van der Waals surface area contributed by atoms with Crippen LogP contribution in [0.15, 0.2) is 88.4 Å². The van der Waals surface area contributed by atoms with Gasteiger partial charge in [0, 0.05) is 29.2 Å². The molecule has 0 unspecified atom stereocenters. The Kier molecular flexibility index (Phi) is 7.61. The van der Waals surface area contributed by atoms with Crippen LogP contribution in [0.25, 0.3) is 0 Å². The Bertz CT molecular complexity index is 1580. The maximum Gasteiger partial charge on any atom is 0.306 e. The van der Waals surface area contributed by atoms with Crippen molar-refractivity contribution in [1.29, 1.82) is 0 Å². The van der Waals surface area contributed by atoms with Crippen LogP contribution in [0.5, 0.6) is 0 Å². The summed E-state index contributed by atoms with van der Waals surface area (Å²) < 4.78 is 6.03. The van der Waals surface area contributed by atoms with Crippen molar-refractivity contribution in [3.8, 4) is 0 Å². The van der Waals surface area contributed by atoms with Gasteiger partial charge in [-0.1, -0.05) is 48.0 Å². The molecule has 0 bridgehead atoms. The number of hydrogen-bond donors (Lipinski definition) is 2. The van der Waals surface area contributed by atoms with Gasteiger partial charge in [-0.25, -0.2) is 5.43 Å². The standard InChI is InChI=1S/C29H24ClN5O5/c1-18-26-23(31-32-28(36)19-15-16-22(30)24(17-19)35(38)39)13-8-14-25(26)40-27(18)29(37)33-34(20-9-4-2-5-10-20)21-11-6-3-7-12-21/h2-7,9-12,15-17H,8,13-14H2,1H3,(H,32,36)(H,33,37)/b31-23+. The number of furan rings is 1.